The van der Waals surface area contributed by atoms with E-state index in [4.69, 9.17) is 0 Å². The fourth-order valence-corrected chi connectivity index (χ4v) is 1.05. The van der Waals surface area contributed by atoms with Crippen LogP contribution >= 0.6 is 22.7 Å². The Labute approximate surface area is 86.1 Å². The second kappa shape index (κ2) is 7.98. The smallest absolute Gasteiger partial charge is 0.253 e. The molecule has 0 aliphatic carbocycles. The molecule has 0 aliphatic rings. The second-order valence-electron chi connectivity index (χ2n) is 1.35. The summed E-state index contributed by atoms with van der Waals surface area (Å²) in [6, 6.07) is 0. The van der Waals surface area contributed by atoms with E-state index in [1.165, 1.54) is 0 Å². The van der Waals surface area contributed by atoms with E-state index >= 15 is 0 Å². The maximum Gasteiger partial charge on any atom is 3.00 e. The van der Waals surface area contributed by atoms with Crippen LogP contribution in [0.25, 0.3) is 0 Å². The van der Waals surface area contributed by atoms with Gasteiger partial charge in [-0.1, -0.05) is 0 Å². The molecule has 2 aromatic heterocycles. The van der Waals surface area contributed by atoms with Crippen LogP contribution in [0.1, 0.15) is 0 Å². The van der Waals surface area contributed by atoms with Crippen LogP contribution in [-0.2, 0) is 19.5 Å². The van der Waals surface area contributed by atoms with Crippen LogP contribution in [-0.4, -0.2) is 9.97 Å². The van der Waals surface area contributed by atoms with Crippen molar-refractivity contribution in [3.05, 3.63) is 34.2 Å². The molecule has 2 nitrogen and oxygen atoms in total. The molecule has 0 spiro atoms. The summed E-state index contributed by atoms with van der Waals surface area (Å²) < 4.78 is 0. The minimum Gasteiger partial charge on any atom is -0.253 e. The van der Waals surface area contributed by atoms with Gasteiger partial charge in [-0.3, -0.25) is 9.97 Å². The van der Waals surface area contributed by atoms with Gasteiger partial charge in [-0.25, -0.2) is 0 Å². The van der Waals surface area contributed by atoms with Gasteiger partial charge in [0.05, 0.1) is 11.0 Å². The quantitative estimate of drug-likeness (QED) is 0.687. The Morgan fingerprint density at radius 2 is 1.27 bits per heavy atom. The minimum absolute atomic E-state index is 0. The van der Waals surface area contributed by atoms with Gasteiger partial charge < -0.3 is 0 Å². The summed E-state index contributed by atoms with van der Waals surface area (Å²) in [6.07, 6.45) is 3.54. The maximum absolute atomic E-state index is 3.74. The molecule has 0 aliphatic heterocycles. The van der Waals surface area contributed by atoms with Crippen molar-refractivity contribution >= 4 is 22.7 Å². The van der Waals surface area contributed by atoms with Gasteiger partial charge in [-0.05, 0) is 0 Å². The van der Waals surface area contributed by atoms with Crippen LogP contribution in [0, 0.1) is 0 Å². The Bertz CT molecular complexity index is 158. The molecule has 0 saturated carbocycles. The monoisotopic (exact) mass is 272 g/mol. The van der Waals surface area contributed by atoms with E-state index in [9.17, 15) is 0 Å². The second-order valence-corrected chi connectivity index (χ2v) is 2.86. The molecule has 0 saturated heterocycles. The average molecular weight is 271 g/mol. The summed E-state index contributed by atoms with van der Waals surface area (Å²) in [4.78, 5) is 7.48. The van der Waals surface area contributed by atoms with E-state index in [1.54, 1.807) is 46.1 Å². The van der Waals surface area contributed by atoms with Crippen LogP contribution in [0.15, 0.2) is 34.2 Å². The summed E-state index contributed by atoms with van der Waals surface area (Å²) in [5.41, 5.74) is 3.58. The van der Waals surface area contributed by atoms with Crippen molar-refractivity contribution in [2.75, 3.05) is 0 Å². The molecular formula is C6H6N2RuS2+3. The number of aromatic nitrogens is 2. The van der Waals surface area contributed by atoms with Gasteiger partial charge >= 0.3 is 19.5 Å². The Balaban J connectivity index is 0.000000167. The number of hydrogen-bond acceptors (Lipinski definition) is 4. The molecule has 0 amide bonds. The van der Waals surface area contributed by atoms with Crippen molar-refractivity contribution < 1.29 is 19.5 Å². The van der Waals surface area contributed by atoms with E-state index in [0.717, 1.165) is 0 Å². The number of nitrogens with zero attached hydrogens (tertiary/aromatic N) is 2. The predicted octanol–water partition coefficient (Wildman–Crippen LogP) is 2.28. The predicted molar refractivity (Wildman–Crippen MR) is 44.2 cm³/mol. The van der Waals surface area contributed by atoms with E-state index in [1.807, 2.05) is 10.8 Å². The molecule has 0 unspecified atom stereocenters. The van der Waals surface area contributed by atoms with Crippen LogP contribution < -0.4 is 0 Å². The largest absolute Gasteiger partial charge is 3.00 e. The molecule has 5 heteroatoms. The van der Waals surface area contributed by atoms with Crippen molar-refractivity contribution in [1.82, 2.24) is 9.97 Å². The molecular weight excluding hydrogens is 265 g/mol. The third-order valence-corrected chi connectivity index (χ3v) is 1.74. The van der Waals surface area contributed by atoms with Crippen LogP contribution in [0.3, 0.4) is 0 Å². The maximum atomic E-state index is 3.74. The van der Waals surface area contributed by atoms with Crippen LogP contribution in [0.2, 0.25) is 0 Å². The topological polar surface area (TPSA) is 25.8 Å². The fraction of sp³-hybridized carbons (Fsp3) is 0. The van der Waals surface area contributed by atoms with Gasteiger partial charge in [-0.15, -0.1) is 22.7 Å². The van der Waals surface area contributed by atoms with Crippen LogP contribution in [0.5, 0.6) is 0 Å². The van der Waals surface area contributed by atoms with Crippen molar-refractivity contribution in [2.45, 2.75) is 0 Å². The molecule has 0 atom stereocenters. The zero-order valence-corrected chi connectivity index (χ0v) is 8.90. The third-order valence-electron chi connectivity index (χ3n) is 0.694. The zero-order chi connectivity index (χ0) is 7.07. The minimum atomic E-state index is 0. The molecule has 1 radical (unpaired) electrons. The SMILES string of the molecule is [Ru+3].c1cscn1.c1cscn1. The molecule has 2 heterocycles. The first kappa shape index (κ1) is 10.9. The third kappa shape index (κ3) is 6.29. The van der Waals surface area contributed by atoms with Crippen LogP contribution in [0.4, 0.5) is 0 Å². The Hall–Kier alpha value is -0.117. The van der Waals surface area contributed by atoms with Crippen molar-refractivity contribution in [1.29, 1.82) is 0 Å². The van der Waals surface area contributed by atoms with Gasteiger partial charge in [0.1, 0.15) is 0 Å². The number of rotatable bonds is 0. The van der Waals surface area contributed by atoms with Crippen molar-refractivity contribution in [2.24, 2.45) is 0 Å². The zero-order valence-electron chi connectivity index (χ0n) is 5.53. The molecule has 0 fully saturated rings. The summed E-state index contributed by atoms with van der Waals surface area (Å²) in [5.74, 6) is 0. The standard InChI is InChI=1S/2C3H3NS.Ru/c2*1-2-5-3-4-1;/h2*1-3H;/q;;+3. The molecule has 0 N–H and O–H groups in total. The van der Waals surface area contributed by atoms with E-state index in [-0.39, 0.29) is 19.5 Å². The molecule has 2 aromatic rings. The summed E-state index contributed by atoms with van der Waals surface area (Å²) in [6.45, 7) is 0. The number of thiazole rings is 2. The summed E-state index contributed by atoms with van der Waals surface area (Å²) >= 11 is 3.20. The number of hydrogen-bond donors (Lipinski definition) is 0. The molecule has 11 heavy (non-hydrogen) atoms. The molecule has 0 bridgehead atoms. The average Bonchev–Trinajstić information content (AvgIpc) is 2.67. The molecule has 0 aromatic carbocycles. The Morgan fingerprint density at radius 3 is 1.36 bits per heavy atom. The van der Waals surface area contributed by atoms with E-state index in [0.29, 0.717) is 0 Å². The van der Waals surface area contributed by atoms with Crippen molar-refractivity contribution in [3.63, 3.8) is 0 Å². The van der Waals surface area contributed by atoms with Crippen molar-refractivity contribution in [3.8, 4) is 0 Å². The molecule has 2 rings (SSSR count). The van der Waals surface area contributed by atoms with E-state index < -0.39 is 0 Å². The first-order chi connectivity index (χ1) is 5.00. The first-order valence-corrected chi connectivity index (χ1v) is 4.53. The van der Waals surface area contributed by atoms with Gasteiger partial charge in [0.15, 0.2) is 0 Å². The first-order valence-electron chi connectivity index (χ1n) is 2.64. The summed E-state index contributed by atoms with van der Waals surface area (Å²) in [7, 11) is 0. The Morgan fingerprint density at radius 1 is 0.818 bits per heavy atom. The fourth-order valence-electron chi connectivity index (χ4n) is 0.351. The molecule has 57 valence electrons. The van der Waals surface area contributed by atoms with Gasteiger partial charge in [0.2, 0.25) is 0 Å². The van der Waals surface area contributed by atoms with Gasteiger partial charge in [0.25, 0.3) is 0 Å². The summed E-state index contributed by atoms with van der Waals surface area (Å²) in [5, 5.41) is 3.86. The Kier molecular flexibility index (Phi) is 7.90. The van der Waals surface area contributed by atoms with E-state index in [2.05, 4.69) is 9.97 Å². The normalized spacial score (nSPS) is 7.27. The van der Waals surface area contributed by atoms with Gasteiger partial charge in [0, 0.05) is 23.2 Å². The van der Waals surface area contributed by atoms with Gasteiger partial charge in [-0.2, -0.15) is 0 Å².